The number of hydrogen-bond acceptors (Lipinski definition) is 2. The van der Waals surface area contributed by atoms with Crippen molar-refractivity contribution in [2.45, 2.75) is 26.2 Å². The smallest absolute Gasteiger partial charge is 0.227 e. The third-order valence-electron chi connectivity index (χ3n) is 4.31. The molecule has 3 heteroatoms. The van der Waals surface area contributed by atoms with Crippen LogP contribution in [0.1, 0.15) is 24.5 Å². The van der Waals surface area contributed by atoms with Crippen LogP contribution in [0.25, 0.3) is 0 Å². The summed E-state index contributed by atoms with van der Waals surface area (Å²) in [5, 5.41) is 0. The van der Waals surface area contributed by atoms with Crippen molar-refractivity contribution in [1.82, 2.24) is 0 Å². The molecule has 0 radical (unpaired) electrons. The second-order valence-corrected chi connectivity index (χ2v) is 6.14. The minimum atomic E-state index is 0.183. The molecule has 0 spiro atoms. The van der Waals surface area contributed by atoms with Crippen LogP contribution in [-0.2, 0) is 17.6 Å². The van der Waals surface area contributed by atoms with E-state index in [0.29, 0.717) is 18.8 Å². The van der Waals surface area contributed by atoms with Crippen LogP contribution in [-0.4, -0.2) is 12.5 Å². The summed E-state index contributed by atoms with van der Waals surface area (Å²) in [4.78, 5) is 14.6. The number of anilines is 2. The van der Waals surface area contributed by atoms with Crippen molar-refractivity contribution in [1.29, 1.82) is 0 Å². The minimum absolute atomic E-state index is 0.183. The molecule has 0 bridgehead atoms. The molecule has 1 aliphatic rings. The van der Waals surface area contributed by atoms with Gasteiger partial charge in [-0.15, -0.1) is 0 Å². The number of nitrogens with two attached hydrogens (primary N) is 1. The Kier molecular flexibility index (Phi) is 4.14. The second-order valence-electron chi connectivity index (χ2n) is 6.14. The summed E-state index contributed by atoms with van der Waals surface area (Å²) in [6.45, 7) is 3.01. The molecule has 1 heterocycles. The second kappa shape index (κ2) is 6.22. The number of benzene rings is 2. The van der Waals surface area contributed by atoms with Crippen molar-refractivity contribution in [2.75, 3.05) is 17.2 Å². The number of aryl methyl sites for hydroxylation is 1. The Morgan fingerprint density at radius 3 is 2.73 bits per heavy atom. The number of nitrogen functional groups attached to an aromatic ring is 1. The highest BCUT2D eigenvalue weighted by molar-refractivity contribution is 5.94. The van der Waals surface area contributed by atoms with Crippen LogP contribution in [0.15, 0.2) is 48.5 Å². The number of rotatable bonds is 3. The van der Waals surface area contributed by atoms with Crippen LogP contribution in [0.5, 0.6) is 0 Å². The quantitative estimate of drug-likeness (QED) is 0.882. The molecule has 0 fully saturated rings. The monoisotopic (exact) mass is 294 g/mol. The van der Waals surface area contributed by atoms with Gasteiger partial charge in [0.15, 0.2) is 0 Å². The average Bonchev–Trinajstić information content (AvgIpc) is 2.53. The highest BCUT2D eigenvalue weighted by atomic mass is 16.2. The zero-order chi connectivity index (χ0) is 15.5. The van der Waals surface area contributed by atoms with E-state index in [1.165, 1.54) is 5.56 Å². The molecule has 2 N–H and O–H groups in total. The zero-order valence-corrected chi connectivity index (χ0v) is 13.0. The Morgan fingerprint density at radius 2 is 1.91 bits per heavy atom. The molecule has 0 saturated carbocycles. The SMILES string of the molecule is CC1Cc2ccccc2N(C(=O)CCc2ccccc2N)C1. The summed E-state index contributed by atoms with van der Waals surface area (Å²) in [7, 11) is 0. The summed E-state index contributed by atoms with van der Waals surface area (Å²) in [6.07, 6.45) is 2.24. The molecule has 1 unspecified atom stereocenters. The standard InChI is InChI=1S/C19H22N2O/c1-14-12-16-7-3-5-9-18(16)21(13-14)19(22)11-10-15-6-2-4-8-17(15)20/h2-9,14H,10-13,20H2,1H3. The van der Waals surface area contributed by atoms with Gasteiger partial charge in [-0.05, 0) is 42.0 Å². The number of amides is 1. The van der Waals surface area contributed by atoms with E-state index in [1.54, 1.807) is 0 Å². The fourth-order valence-electron chi connectivity index (χ4n) is 3.17. The first-order chi connectivity index (χ1) is 10.6. The van der Waals surface area contributed by atoms with E-state index >= 15 is 0 Å². The lowest BCUT2D eigenvalue weighted by atomic mass is 9.93. The van der Waals surface area contributed by atoms with Crippen molar-refractivity contribution < 1.29 is 4.79 Å². The molecular formula is C19H22N2O. The van der Waals surface area contributed by atoms with Crippen LogP contribution in [0.2, 0.25) is 0 Å². The van der Waals surface area contributed by atoms with Gasteiger partial charge in [0.05, 0.1) is 0 Å². The van der Waals surface area contributed by atoms with E-state index in [0.717, 1.165) is 29.9 Å². The van der Waals surface area contributed by atoms with E-state index in [-0.39, 0.29) is 5.91 Å². The van der Waals surface area contributed by atoms with Gasteiger partial charge in [0.2, 0.25) is 5.91 Å². The summed E-state index contributed by atoms with van der Waals surface area (Å²) in [6, 6.07) is 16.0. The Balaban J connectivity index is 1.74. The Labute approximate surface area is 131 Å². The zero-order valence-electron chi connectivity index (χ0n) is 13.0. The van der Waals surface area contributed by atoms with Gasteiger partial charge in [0.1, 0.15) is 0 Å². The fraction of sp³-hybridized carbons (Fsp3) is 0.316. The van der Waals surface area contributed by atoms with Gasteiger partial charge in [-0.3, -0.25) is 4.79 Å². The molecule has 0 aromatic heterocycles. The van der Waals surface area contributed by atoms with Crippen LogP contribution >= 0.6 is 0 Å². The van der Waals surface area contributed by atoms with Gasteiger partial charge >= 0.3 is 0 Å². The lowest BCUT2D eigenvalue weighted by Gasteiger charge is -2.33. The molecule has 1 atom stereocenters. The normalized spacial score (nSPS) is 17.1. The molecular weight excluding hydrogens is 272 g/mol. The predicted molar refractivity (Wildman–Crippen MR) is 90.8 cm³/mol. The molecule has 2 aromatic rings. The maximum Gasteiger partial charge on any atom is 0.227 e. The molecule has 114 valence electrons. The van der Waals surface area contributed by atoms with Crippen molar-refractivity contribution >= 4 is 17.3 Å². The number of carbonyl (C=O) groups excluding carboxylic acids is 1. The van der Waals surface area contributed by atoms with Gasteiger partial charge in [-0.25, -0.2) is 0 Å². The maximum absolute atomic E-state index is 12.7. The van der Waals surface area contributed by atoms with Crippen molar-refractivity contribution in [3.8, 4) is 0 Å². The molecule has 1 aliphatic heterocycles. The maximum atomic E-state index is 12.7. The first-order valence-corrected chi connectivity index (χ1v) is 7.87. The van der Waals surface area contributed by atoms with Gasteiger partial charge in [0, 0.05) is 24.3 Å². The van der Waals surface area contributed by atoms with Gasteiger partial charge in [0.25, 0.3) is 0 Å². The lowest BCUT2D eigenvalue weighted by Crippen LogP contribution is -2.39. The third kappa shape index (κ3) is 2.98. The first kappa shape index (κ1) is 14.6. The van der Waals surface area contributed by atoms with E-state index in [9.17, 15) is 4.79 Å². The number of hydrogen-bond donors (Lipinski definition) is 1. The summed E-state index contributed by atoms with van der Waals surface area (Å²) in [5.41, 5.74) is 10.1. The molecule has 0 saturated heterocycles. The molecule has 2 aromatic carbocycles. The molecule has 1 amide bonds. The summed E-state index contributed by atoms with van der Waals surface area (Å²) >= 11 is 0. The minimum Gasteiger partial charge on any atom is -0.399 e. The topological polar surface area (TPSA) is 46.3 Å². The van der Waals surface area contributed by atoms with Crippen molar-refractivity contribution in [3.05, 3.63) is 59.7 Å². The van der Waals surface area contributed by atoms with E-state index in [2.05, 4.69) is 19.1 Å². The largest absolute Gasteiger partial charge is 0.399 e. The van der Waals surface area contributed by atoms with Crippen LogP contribution < -0.4 is 10.6 Å². The molecule has 3 rings (SSSR count). The average molecular weight is 294 g/mol. The molecule has 3 nitrogen and oxygen atoms in total. The predicted octanol–water partition coefficient (Wildman–Crippen LogP) is 3.43. The van der Waals surface area contributed by atoms with Crippen LogP contribution in [0.4, 0.5) is 11.4 Å². The highest BCUT2D eigenvalue weighted by Gasteiger charge is 2.25. The first-order valence-electron chi connectivity index (χ1n) is 7.87. The van der Waals surface area contributed by atoms with E-state index in [4.69, 9.17) is 5.73 Å². The molecule has 0 aliphatic carbocycles. The highest BCUT2D eigenvalue weighted by Crippen LogP contribution is 2.30. The van der Waals surface area contributed by atoms with Crippen LogP contribution in [0, 0.1) is 5.92 Å². The van der Waals surface area contributed by atoms with Crippen molar-refractivity contribution in [2.24, 2.45) is 5.92 Å². The Hall–Kier alpha value is -2.29. The van der Waals surface area contributed by atoms with Gasteiger partial charge in [-0.2, -0.15) is 0 Å². The Morgan fingerprint density at radius 1 is 1.18 bits per heavy atom. The van der Waals surface area contributed by atoms with E-state index < -0.39 is 0 Å². The van der Waals surface area contributed by atoms with Crippen LogP contribution in [0.3, 0.4) is 0 Å². The number of carbonyl (C=O) groups is 1. The number of nitrogens with zero attached hydrogens (tertiary/aromatic N) is 1. The Bertz CT molecular complexity index is 681. The van der Waals surface area contributed by atoms with E-state index in [1.807, 2.05) is 41.3 Å². The third-order valence-corrected chi connectivity index (χ3v) is 4.31. The number of para-hydroxylation sites is 2. The van der Waals surface area contributed by atoms with Gasteiger partial charge < -0.3 is 10.6 Å². The number of fused-ring (bicyclic) bond motifs is 1. The fourth-order valence-corrected chi connectivity index (χ4v) is 3.17. The van der Waals surface area contributed by atoms with Gasteiger partial charge in [-0.1, -0.05) is 43.3 Å². The van der Waals surface area contributed by atoms with Crippen molar-refractivity contribution in [3.63, 3.8) is 0 Å². The summed E-state index contributed by atoms with van der Waals surface area (Å²) < 4.78 is 0. The summed E-state index contributed by atoms with van der Waals surface area (Å²) in [5.74, 6) is 0.683. The molecule has 22 heavy (non-hydrogen) atoms. The lowest BCUT2D eigenvalue weighted by molar-refractivity contribution is -0.118.